The first kappa shape index (κ1) is 15.8. The summed E-state index contributed by atoms with van der Waals surface area (Å²) in [6.07, 6.45) is 0. The van der Waals surface area contributed by atoms with Crippen LogP contribution in [0, 0.1) is 20.8 Å². The Morgan fingerprint density at radius 1 is 1.23 bits per heavy atom. The lowest BCUT2D eigenvalue weighted by atomic mass is 10.2. The molecular formula is C15H20N4O3. The van der Waals surface area contributed by atoms with Gasteiger partial charge in [-0.1, -0.05) is 5.16 Å². The number of hydrogen-bond acceptors (Lipinski definition) is 4. The lowest BCUT2D eigenvalue weighted by Gasteiger charge is -2.06. The molecule has 2 rings (SSSR count). The molecule has 2 aromatic heterocycles. The van der Waals surface area contributed by atoms with E-state index in [4.69, 9.17) is 4.52 Å². The molecule has 0 radical (unpaired) electrons. The molecule has 0 aliphatic rings. The Hall–Kier alpha value is -2.57. The molecule has 22 heavy (non-hydrogen) atoms. The number of carbonyl (C=O) groups is 2. The number of rotatable bonds is 5. The van der Waals surface area contributed by atoms with E-state index >= 15 is 0 Å². The molecule has 0 aromatic carbocycles. The van der Waals surface area contributed by atoms with Crippen molar-refractivity contribution in [3.8, 4) is 5.82 Å². The average molecular weight is 304 g/mol. The summed E-state index contributed by atoms with van der Waals surface area (Å²) in [5.74, 6) is 0.836. The molecule has 0 bridgehead atoms. The zero-order valence-corrected chi connectivity index (χ0v) is 13.2. The molecule has 0 spiro atoms. The number of nitrogens with zero attached hydrogens (tertiary/aromatic N) is 2. The van der Waals surface area contributed by atoms with Gasteiger partial charge in [0.2, 0.25) is 5.91 Å². The maximum atomic E-state index is 12.2. The minimum absolute atomic E-state index is 0.0423. The van der Waals surface area contributed by atoms with Crippen LogP contribution < -0.4 is 10.6 Å². The molecule has 7 nitrogen and oxygen atoms in total. The van der Waals surface area contributed by atoms with Crippen LogP contribution in [0.2, 0.25) is 0 Å². The first-order chi connectivity index (χ1) is 10.4. The van der Waals surface area contributed by atoms with E-state index in [2.05, 4.69) is 15.8 Å². The first-order valence-corrected chi connectivity index (χ1v) is 7.11. The van der Waals surface area contributed by atoms with Gasteiger partial charge in [0.15, 0.2) is 5.82 Å². The van der Waals surface area contributed by atoms with Crippen molar-refractivity contribution >= 4 is 11.8 Å². The number of nitrogens with one attached hydrogen (secondary N) is 2. The fourth-order valence-electron chi connectivity index (χ4n) is 2.32. The highest BCUT2D eigenvalue weighted by molar-refractivity contribution is 5.97. The lowest BCUT2D eigenvalue weighted by Crippen LogP contribution is -2.36. The zero-order valence-electron chi connectivity index (χ0n) is 13.2. The van der Waals surface area contributed by atoms with Gasteiger partial charge in [-0.25, -0.2) is 0 Å². The quantitative estimate of drug-likeness (QED) is 0.870. The SMILES string of the molecule is CCNC(=O)CNC(=O)c1cc(C)n(-c2cc(C)on2)c1C. The van der Waals surface area contributed by atoms with Gasteiger partial charge < -0.3 is 15.2 Å². The van der Waals surface area contributed by atoms with Crippen LogP contribution in [0.15, 0.2) is 16.7 Å². The van der Waals surface area contributed by atoms with Crippen LogP contribution in [0.1, 0.15) is 34.4 Å². The largest absolute Gasteiger partial charge is 0.360 e. The molecule has 118 valence electrons. The van der Waals surface area contributed by atoms with Gasteiger partial charge >= 0.3 is 0 Å². The van der Waals surface area contributed by atoms with Gasteiger partial charge in [-0.05, 0) is 33.8 Å². The van der Waals surface area contributed by atoms with E-state index in [-0.39, 0.29) is 18.4 Å². The van der Waals surface area contributed by atoms with Gasteiger partial charge in [-0.2, -0.15) is 0 Å². The highest BCUT2D eigenvalue weighted by atomic mass is 16.5. The topological polar surface area (TPSA) is 89.2 Å². The van der Waals surface area contributed by atoms with Crippen molar-refractivity contribution in [1.82, 2.24) is 20.4 Å². The Balaban J connectivity index is 2.19. The van der Waals surface area contributed by atoms with E-state index in [1.165, 1.54) is 0 Å². The van der Waals surface area contributed by atoms with Crippen LogP contribution in [-0.4, -0.2) is 34.6 Å². The van der Waals surface area contributed by atoms with Gasteiger partial charge in [-0.3, -0.25) is 14.2 Å². The Morgan fingerprint density at radius 3 is 2.55 bits per heavy atom. The molecule has 2 heterocycles. The molecule has 2 amide bonds. The molecular weight excluding hydrogens is 284 g/mol. The Labute approximate surface area is 128 Å². The Morgan fingerprint density at radius 2 is 1.95 bits per heavy atom. The van der Waals surface area contributed by atoms with E-state index in [0.717, 1.165) is 11.4 Å². The number of likely N-dealkylation sites (N-methyl/N-ethyl adjacent to an activating group) is 1. The average Bonchev–Trinajstić information content (AvgIpc) is 3.00. The minimum atomic E-state index is -0.286. The number of aryl methyl sites for hydroxylation is 2. The van der Waals surface area contributed by atoms with Crippen LogP contribution in [-0.2, 0) is 4.79 Å². The second kappa shape index (κ2) is 6.46. The van der Waals surface area contributed by atoms with Crippen LogP contribution in [0.5, 0.6) is 0 Å². The summed E-state index contributed by atoms with van der Waals surface area (Å²) in [4.78, 5) is 23.6. The number of aromatic nitrogens is 2. The van der Waals surface area contributed by atoms with Gasteiger partial charge in [0.05, 0.1) is 12.1 Å². The van der Waals surface area contributed by atoms with Crippen LogP contribution >= 0.6 is 0 Å². The number of amides is 2. The van der Waals surface area contributed by atoms with Crippen molar-refractivity contribution in [3.05, 3.63) is 34.8 Å². The summed E-state index contributed by atoms with van der Waals surface area (Å²) in [7, 11) is 0. The van der Waals surface area contributed by atoms with Crippen LogP contribution in [0.25, 0.3) is 5.82 Å². The van der Waals surface area contributed by atoms with E-state index < -0.39 is 0 Å². The van der Waals surface area contributed by atoms with E-state index in [1.54, 1.807) is 12.1 Å². The van der Waals surface area contributed by atoms with Crippen LogP contribution in [0.4, 0.5) is 0 Å². The normalized spacial score (nSPS) is 10.5. The highest BCUT2D eigenvalue weighted by Gasteiger charge is 2.18. The molecule has 2 aromatic rings. The van der Waals surface area contributed by atoms with E-state index in [9.17, 15) is 9.59 Å². The monoisotopic (exact) mass is 304 g/mol. The summed E-state index contributed by atoms with van der Waals surface area (Å²) in [6.45, 7) is 7.85. The standard InChI is InChI=1S/C15H20N4O3/c1-5-16-14(20)8-17-15(21)12-6-9(2)19(11(12)4)13-7-10(3)22-18-13/h6-7H,5,8H2,1-4H3,(H,16,20)(H,17,21). The predicted molar refractivity (Wildman–Crippen MR) is 81.1 cm³/mol. The van der Waals surface area contributed by atoms with Crippen molar-refractivity contribution in [1.29, 1.82) is 0 Å². The summed E-state index contributed by atoms with van der Waals surface area (Å²) in [6, 6.07) is 3.57. The fraction of sp³-hybridized carbons (Fsp3) is 0.400. The summed E-state index contributed by atoms with van der Waals surface area (Å²) >= 11 is 0. The predicted octanol–water partition coefficient (Wildman–Crippen LogP) is 1.26. The molecule has 2 N–H and O–H groups in total. The summed E-state index contributed by atoms with van der Waals surface area (Å²) < 4.78 is 6.92. The first-order valence-electron chi connectivity index (χ1n) is 7.11. The summed E-state index contributed by atoms with van der Waals surface area (Å²) in [5.41, 5.74) is 2.13. The van der Waals surface area contributed by atoms with Crippen molar-refractivity contribution in [2.75, 3.05) is 13.1 Å². The van der Waals surface area contributed by atoms with Crippen molar-refractivity contribution in [3.63, 3.8) is 0 Å². The van der Waals surface area contributed by atoms with Gasteiger partial charge in [0.1, 0.15) is 5.76 Å². The Kier molecular flexibility index (Phi) is 4.65. The van der Waals surface area contributed by atoms with Gasteiger partial charge in [0.25, 0.3) is 5.91 Å². The molecule has 0 aliphatic heterocycles. The summed E-state index contributed by atoms with van der Waals surface area (Å²) in [5, 5.41) is 9.22. The van der Waals surface area contributed by atoms with E-state index in [1.807, 2.05) is 32.3 Å². The molecule has 0 saturated heterocycles. The third-order valence-electron chi connectivity index (χ3n) is 3.30. The van der Waals surface area contributed by atoms with E-state index in [0.29, 0.717) is 23.7 Å². The number of carbonyl (C=O) groups excluding carboxylic acids is 2. The van der Waals surface area contributed by atoms with Crippen LogP contribution in [0.3, 0.4) is 0 Å². The number of hydrogen-bond donors (Lipinski definition) is 2. The lowest BCUT2D eigenvalue weighted by molar-refractivity contribution is -0.120. The molecule has 0 unspecified atom stereocenters. The fourth-order valence-corrected chi connectivity index (χ4v) is 2.32. The van der Waals surface area contributed by atoms with Gasteiger partial charge in [-0.15, -0.1) is 0 Å². The third kappa shape index (κ3) is 3.19. The van der Waals surface area contributed by atoms with Crippen molar-refractivity contribution in [2.24, 2.45) is 0 Å². The molecule has 0 atom stereocenters. The molecule has 0 saturated carbocycles. The highest BCUT2D eigenvalue weighted by Crippen LogP contribution is 2.20. The zero-order chi connectivity index (χ0) is 16.3. The molecule has 7 heteroatoms. The maximum absolute atomic E-state index is 12.2. The minimum Gasteiger partial charge on any atom is -0.360 e. The van der Waals surface area contributed by atoms with Gasteiger partial charge in [0, 0.05) is 24.0 Å². The maximum Gasteiger partial charge on any atom is 0.253 e. The second-order valence-corrected chi connectivity index (χ2v) is 5.05. The van der Waals surface area contributed by atoms with Crippen molar-refractivity contribution in [2.45, 2.75) is 27.7 Å². The smallest absolute Gasteiger partial charge is 0.253 e. The third-order valence-corrected chi connectivity index (χ3v) is 3.30. The second-order valence-electron chi connectivity index (χ2n) is 5.05. The Bertz CT molecular complexity index is 700. The molecule has 0 aliphatic carbocycles. The molecule has 0 fully saturated rings. The van der Waals surface area contributed by atoms with Crippen molar-refractivity contribution < 1.29 is 14.1 Å².